The van der Waals surface area contributed by atoms with Gasteiger partial charge in [0.2, 0.25) is 0 Å². The van der Waals surface area contributed by atoms with Crippen molar-refractivity contribution in [1.29, 1.82) is 0 Å². The molecule has 0 aromatic heterocycles. The van der Waals surface area contributed by atoms with E-state index in [1.54, 1.807) is 42.5 Å². The van der Waals surface area contributed by atoms with Crippen molar-refractivity contribution in [2.75, 3.05) is 5.32 Å². The summed E-state index contributed by atoms with van der Waals surface area (Å²) in [5.41, 5.74) is 2.05. The Morgan fingerprint density at radius 1 is 1.00 bits per heavy atom. The highest BCUT2D eigenvalue weighted by Crippen LogP contribution is 2.29. The quantitative estimate of drug-likeness (QED) is 0.890. The molecule has 0 spiro atoms. The van der Waals surface area contributed by atoms with Crippen LogP contribution >= 0.6 is 0 Å². The molecular weight excluding hydrogens is 242 g/mol. The number of anilines is 1. The maximum Gasteiger partial charge on any atom is 0.297 e. The van der Waals surface area contributed by atoms with Crippen molar-refractivity contribution in [3.8, 4) is 0 Å². The first-order chi connectivity index (χ1) is 9.24. The van der Waals surface area contributed by atoms with E-state index in [-0.39, 0.29) is 11.8 Å². The van der Waals surface area contributed by atoms with Gasteiger partial charge in [-0.25, -0.2) is 0 Å². The summed E-state index contributed by atoms with van der Waals surface area (Å²) in [6.07, 6.45) is 0. The van der Waals surface area contributed by atoms with Crippen molar-refractivity contribution in [3.63, 3.8) is 0 Å². The van der Waals surface area contributed by atoms with Gasteiger partial charge in [0, 0.05) is 11.3 Å². The fourth-order valence-corrected chi connectivity index (χ4v) is 1.82. The van der Waals surface area contributed by atoms with Crippen molar-refractivity contribution < 1.29 is 9.59 Å². The molecule has 3 rings (SSSR count). The van der Waals surface area contributed by atoms with E-state index >= 15 is 0 Å². The summed E-state index contributed by atoms with van der Waals surface area (Å²) < 4.78 is 0. The number of benzene rings is 2. The molecule has 5 heteroatoms. The van der Waals surface area contributed by atoms with Gasteiger partial charge in [-0.05, 0) is 30.3 Å². The van der Waals surface area contributed by atoms with Crippen LogP contribution in [0.2, 0.25) is 0 Å². The van der Waals surface area contributed by atoms with E-state index in [4.69, 9.17) is 0 Å². The van der Waals surface area contributed by atoms with Gasteiger partial charge in [-0.2, -0.15) is 0 Å². The minimum atomic E-state index is -0.384. The predicted octanol–water partition coefficient (Wildman–Crippen LogP) is 3.18. The topological polar surface area (TPSA) is 70.9 Å². The summed E-state index contributed by atoms with van der Waals surface area (Å²) in [5.74, 6) is -0.606. The van der Waals surface area contributed by atoms with Crippen molar-refractivity contribution in [2.24, 2.45) is 10.2 Å². The van der Waals surface area contributed by atoms with Gasteiger partial charge in [-0.1, -0.05) is 18.2 Å². The van der Waals surface area contributed by atoms with E-state index in [0.717, 1.165) is 0 Å². The molecule has 1 aliphatic heterocycles. The van der Waals surface area contributed by atoms with Crippen molar-refractivity contribution in [3.05, 3.63) is 59.7 Å². The van der Waals surface area contributed by atoms with Crippen LogP contribution < -0.4 is 5.32 Å². The molecule has 0 radical (unpaired) electrons. The number of carbonyl (C=O) groups is 2. The number of rotatable bonds is 2. The summed E-state index contributed by atoms with van der Waals surface area (Å²) in [6, 6.07) is 13.8. The Labute approximate surface area is 109 Å². The lowest BCUT2D eigenvalue weighted by atomic mass is 10.1. The number of hydrogen-bond acceptors (Lipinski definition) is 3. The monoisotopic (exact) mass is 251 g/mol. The summed E-state index contributed by atoms with van der Waals surface area (Å²) in [5, 5.41) is 9.91. The fraction of sp³-hybridized carbons (Fsp3) is 0. The van der Waals surface area contributed by atoms with Gasteiger partial charge in [0.1, 0.15) is 0 Å². The molecule has 1 N–H and O–H groups in total. The van der Waals surface area contributed by atoms with Crippen LogP contribution in [-0.2, 0) is 0 Å². The van der Waals surface area contributed by atoms with Crippen LogP contribution in [0.5, 0.6) is 0 Å². The maximum absolute atomic E-state index is 12.0. The van der Waals surface area contributed by atoms with Gasteiger partial charge >= 0.3 is 0 Å². The van der Waals surface area contributed by atoms with Crippen LogP contribution in [0.25, 0.3) is 0 Å². The molecule has 0 unspecified atom stereocenters. The smallest absolute Gasteiger partial charge is 0.297 e. The molecular formula is C14H9N3O2. The molecule has 2 aromatic carbocycles. The minimum absolute atomic E-state index is 0.222. The Morgan fingerprint density at radius 3 is 2.58 bits per heavy atom. The molecule has 19 heavy (non-hydrogen) atoms. The molecule has 2 amide bonds. The first-order valence-corrected chi connectivity index (χ1v) is 5.70. The molecule has 0 saturated carbocycles. The number of hydrogen-bond donors (Lipinski definition) is 1. The molecule has 1 aliphatic rings. The van der Waals surface area contributed by atoms with Crippen molar-refractivity contribution in [1.82, 2.24) is 0 Å². The molecule has 5 nitrogen and oxygen atoms in total. The van der Waals surface area contributed by atoms with Crippen LogP contribution in [0, 0.1) is 0 Å². The predicted molar refractivity (Wildman–Crippen MR) is 69.7 cm³/mol. The van der Waals surface area contributed by atoms with Crippen LogP contribution in [-0.4, -0.2) is 11.8 Å². The van der Waals surface area contributed by atoms with Gasteiger partial charge in [-0.3, -0.25) is 9.59 Å². The largest absolute Gasteiger partial charge is 0.322 e. The highest BCUT2D eigenvalue weighted by Gasteiger charge is 2.18. The van der Waals surface area contributed by atoms with Gasteiger partial charge in [0.25, 0.3) is 11.8 Å². The zero-order valence-electron chi connectivity index (χ0n) is 9.83. The van der Waals surface area contributed by atoms with Gasteiger partial charge in [-0.15, -0.1) is 10.2 Å². The minimum Gasteiger partial charge on any atom is -0.322 e. The van der Waals surface area contributed by atoms with Crippen LogP contribution in [0.3, 0.4) is 0 Å². The third-order valence-electron chi connectivity index (χ3n) is 2.77. The molecule has 0 saturated heterocycles. The second-order valence-corrected chi connectivity index (χ2v) is 4.06. The lowest BCUT2D eigenvalue weighted by Crippen LogP contribution is -2.11. The van der Waals surface area contributed by atoms with Gasteiger partial charge in [0.15, 0.2) is 0 Å². The second kappa shape index (κ2) is 4.45. The Hall–Kier alpha value is -2.82. The number of amides is 2. The Bertz CT molecular complexity index is 693. The van der Waals surface area contributed by atoms with Gasteiger partial charge in [0.05, 0.1) is 11.3 Å². The number of fused-ring (bicyclic) bond motifs is 1. The van der Waals surface area contributed by atoms with Crippen LogP contribution in [0.15, 0.2) is 58.8 Å². The number of azo groups is 1. The van der Waals surface area contributed by atoms with Crippen LogP contribution in [0.1, 0.15) is 20.7 Å². The highest BCUT2D eigenvalue weighted by molar-refractivity contribution is 6.06. The summed E-state index contributed by atoms with van der Waals surface area (Å²) in [6.45, 7) is 0. The van der Waals surface area contributed by atoms with E-state index in [0.29, 0.717) is 22.5 Å². The fourth-order valence-electron chi connectivity index (χ4n) is 1.82. The molecule has 2 aromatic rings. The molecule has 0 aliphatic carbocycles. The van der Waals surface area contributed by atoms with Gasteiger partial charge < -0.3 is 5.32 Å². The molecule has 1 heterocycles. The van der Waals surface area contributed by atoms with E-state index in [2.05, 4.69) is 15.5 Å². The summed E-state index contributed by atoms with van der Waals surface area (Å²) in [4.78, 5) is 23.4. The average Bonchev–Trinajstić information content (AvgIpc) is 2.81. The third kappa shape index (κ3) is 2.13. The Kier molecular flexibility index (Phi) is 2.64. The Morgan fingerprint density at radius 2 is 1.79 bits per heavy atom. The molecule has 92 valence electrons. The van der Waals surface area contributed by atoms with Crippen molar-refractivity contribution >= 4 is 23.2 Å². The normalized spacial score (nSPS) is 12.3. The summed E-state index contributed by atoms with van der Waals surface area (Å²) in [7, 11) is 0. The first-order valence-electron chi connectivity index (χ1n) is 5.70. The third-order valence-corrected chi connectivity index (χ3v) is 2.77. The number of nitrogens with zero attached hydrogens (tertiary/aromatic N) is 2. The lowest BCUT2D eigenvalue weighted by molar-refractivity contribution is 0.0998. The van der Waals surface area contributed by atoms with E-state index in [1.807, 2.05) is 6.07 Å². The highest BCUT2D eigenvalue weighted by atomic mass is 16.2. The summed E-state index contributed by atoms with van der Waals surface area (Å²) >= 11 is 0. The standard InChI is InChI=1S/C14H9N3O2/c18-13(9-4-2-1-3-5-9)15-10-6-7-12-11(8-10)14(19)17-16-12/h1-8H,(H,15,18). The zero-order chi connectivity index (χ0) is 13.2. The SMILES string of the molecule is O=C(Nc1ccc2c(c1)C(=O)N=N2)c1ccccc1. The first kappa shape index (κ1) is 11.3. The number of carbonyl (C=O) groups excluding carboxylic acids is 2. The second-order valence-electron chi connectivity index (χ2n) is 4.06. The molecule has 0 atom stereocenters. The lowest BCUT2D eigenvalue weighted by Gasteiger charge is -2.05. The van der Waals surface area contributed by atoms with E-state index in [1.165, 1.54) is 0 Å². The maximum atomic E-state index is 12.0. The Balaban J connectivity index is 1.84. The van der Waals surface area contributed by atoms with Crippen LogP contribution in [0.4, 0.5) is 11.4 Å². The molecule has 0 bridgehead atoms. The van der Waals surface area contributed by atoms with E-state index < -0.39 is 0 Å². The zero-order valence-corrected chi connectivity index (χ0v) is 9.83. The van der Waals surface area contributed by atoms with E-state index in [9.17, 15) is 9.59 Å². The number of nitrogens with one attached hydrogen (secondary N) is 1. The van der Waals surface area contributed by atoms with Crippen molar-refractivity contribution in [2.45, 2.75) is 0 Å². The average molecular weight is 251 g/mol. The molecule has 0 fully saturated rings.